The first-order valence-electron chi connectivity index (χ1n) is 6.91. The molecule has 0 aromatic heterocycles. The van der Waals surface area contributed by atoms with E-state index in [0.717, 1.165) is 12.3 Å². The highest BCUT2D eigenvalue weighted by molar-refractivity contribution is 6.70. The molecular weight excluding hydrogens is 244 g/mol. The largest absolute Gasteiger partial charge is 0.415 e. The van der Waals surface area contributed by atoms with Gasteiger partial charge in [-0.2, -0.15) is 0 Å². The Hall–Kier alpha value is 0.354. The molecule has 2 nitrogen and oxygen atoms in total. The molecule has 2 atom stereocenters. The molecule has 0 heterocycles. The van der Waals surface area contributed by atoms with Crippen LogP contribution < -0.4 is 0 Å². The summed E-state index contributed by atoms with van der Waals surface area (Å²) >= 11 is 0. The van der Waals surface area contributed by atoms with Crippen molar-refractivity contribution in [2.45, 2.75) is 77.7 Å². The second kappa shape index (κ2) is 5.55. The van der Waals surface area contributed by atoms with Crippen molar-refractivity contribution in [2.75, 3.05) is 0 Å². The van der Waals surface area contributed by atoms with Crippen LogP contribution in [0.5, 0.6) is 0 Å². The van der Waals surface area contributed by atoms with Gasteiger partial charge in [-0.05, 0) is 64.5 Å². The average Bonchev–Trinajstić information content (AvgIpc) is 1.93. The highest BCUT2D eigenvalue weighted by Gasteiger charge is 2.33. The molecule has 0 radical (unpaired) electrons. The van der Waals surface area contributed by atoms with Crippen LogP contribution in [0.3, 0.4) is 0 Å². The third-order valence-electron chi connectivity index (χ3n) is 2.90. The van der Waals surface area contributed by atoms with Gasteiger partial charge in [0.2, 0.25) is 0 Å². The molecule has 0 aromatic rings. The zero-order chi connectivity index (χ0) is 13.3. The third-order valence-corrected chi connectivity index (χ3v) is 4.98. The van der Waals surface area contributed by atoms with Crippen molar-refractivity contribution in [1.82, 2.24) is 0 Å². The lowest BCUT2D eigenvalue weighted by molar-refractivity contribution is 0.0370. The van der Waals surface area contributed by atoms with Gasteiger partial charge in [0, 0.05) is 12.2 Å². The highest BCUT2D eigenvalue weighted by atomic mass is 28.4. The molecule has 0 aromatic carbocycles. The van der Waals surface area contributed by atoms with Crippen molar-refractivity contribution in [3.05, 3.63) is 0 Å². The Morgan fingerprint density at radius 1 is 0.706 bits per heavy atom. The van der Waals surface area contributed by atoms with Gasteiger partial charge in [0.1, 0.15) is 0 Å². The summed E-state index contributed by atoms with van der Waals surface area (Å²) in [5, 5.41) is 0. The Morgan fingerprint density at radius 3 is 1.35 bits per heavy atom. The minimum atomic E-state index is -1.41. The second-order valence-corrected chi connectivity index (χ2v) is 16.4. The first-order valence-corrected chi connectivity index (χ1v) is 13.7. The number of hydrogen-bond donors (Lipinski definition) is 0. The van der Waals surface area contributed by atoms with Crippen LogP contribution >= 0.6 is 0 Å². The molecule has 1 aliphatic rings. The van der Waals surface area contributed by atoms with Gasteiger partial charge in [-0.1, -0.05) is 6.92 Å². The first kappa shape index (κ1) is 15.4. The number of rotatable bonds is 4. The normalized spacial score (nSPS) is 31.6. The summed E-state index contributed by atoms with van der Waals surface area (Å²) in [5.41, 5.74) is 0. The molecular formula is C13H30O2Si2. The van der Waals surface area contributed by atoms with E-state index in [4.69, 9.17) is 8.85 Å². The molecule has 1 fully saturated rings. The maximum Gasteiger partial charge on any atom is 0.184 e. The summed E-state index contributed by atoms with van der Waals surface area (Å²) in [7, 11) is -2.81. The van der Waals surface area contributed by atoms with Crippen LogP contribution in [0.4, 0.5) is 0 Å². The van der Waals surface area contributed by atoms with Crippen LogP contribution in [-0.4, -0.2) is 28.8 Å². The zero-order valence-corrected chi connectivity index (χ0v) is 14.7. The monoisotopic (exact) mass is 274 g/mol. The standard InChI is InChI=1S/C13H30O2Si2/c1-11-8-12(14-16(2,3)4)10-13(9-11)15-17(5,6)7/h11-13H,8-10H2,1-7H3/t12-,13-/m0/s1. The molecule has 0 saturated heterocycles. The minimum absolute atomic E-state index is 0.437. The second-order valence-electron chi connectivity index (χ2n) is 7.52. The molecule has 0 N–H and O–H groups in total. The molecule has 4 heteroatoms. The minimum Gasteiger partial charge on any atom is -0.415 e. The lowest BCUT2D eigenvalue weighted by Crippen LogP contribution is -2.42. The fraction of sp³-hybridized carbons (Fsp3) is 1.00. The quantitative estimate of drug-likeness (QED) is 0.714. The van der Waals surface area contributed by atoms with Crippen molar-refractivity contribution >= 4 is 16.6 Å². The van der Waals surface area contributed by atoms with Crippen LogP contribution in [-0.2, 0) is 8.85 Å². The Bertz CT molecular complexity index is 219. The van der Waals surface area contributed by atoms with Gasteiger partial charge in [-0.15, -0.1) is 0 Å². The van der Waals surface area contributed by atoms with Crippen LogP contribution in [0.1, 0.15) is 26.2 Å². The van der Waals surface area contributed by atoms with Gasteiger partial charge < -0.3 is 8.85 Å². The lowest BCUT2D eigenvalue weighted by atomic mass is 9.87. The predicted octanol–water partition coefficient (Wildman–Crippen LogP) is 4.25. The van der Waals surface area contributed by atoms with Crippen LogP contribution in [0.2, 0.25) is 39.3 Å². The van der Waals surface area contributed by atoms with E-state index in [0.29, 0.717) is 12.2 Å². The van der Waals surface area contributed by atoms with Gasteiger partial charge in [0.25, 0.3) is 0 Å². The van der Waals surface area contributed by atoms with E-state index in [1.165, 1.54) is 12.8 Å². The molecule has 0 aliphatic heterocycles. The van der Waals surface area contributed by atoms with E-state index < -0.39 is 16.6 Å². The fourth-order valence-corrected chi connectivity index (χ4v) is 5.06. The molecule has 0 amide bonds. The molecule has 1 rings (SSSR count). The Labute approximate surface area is 109 Å². The summed E-state index contributed by atoms with van der Waals surface area (Å²) in [6.45, 7) is 16.0. The highest BCUT2D eigenvalue weighted by Crippen LogP contribution is 2.31. The van der Waals surface area contributed by atoms with E-state index in [9.17, 15) is 0 Å². The maximum absolute atomic E-state index is 6.27. The van der Waals surface area contributed by atoms with Crippen molar-refractivity contribution in [1.29, 1.82) is 0 Å². The van der Waals surface area contributed by atoms with Gasteiger partial charge >= 0.3 is 0 Å². The third kappa shape index (κ3) is 6.74. The first-order chi connectivity index (χ1) is 7.55. The summed E-state index contributed by atoms with van der Waals surface area (Å²) < 4.78 is 12.5. The fourth-order valence-electron chi connectivity index (χ4n) is 2.67. The van der Waals surface area contributed by atoms with E-state index >= 15 is 0 Å². The number of hydrogen-bond acceptors (Lipinski definition) is 2. The van der Waals surface area contributed by atoms with E-state index in [1.807, 2.05) is 0 Å². The molecule has 1 aliphatic carbocycles. The van der Waals surface area contributed by atoms with Gasteiger partial charge in [0.05, 0.1) is 0 Å². The molecule has 0 bridgehead atoms. The van der Waals surface area contributed by atoms with Gasteiger partial charge in [0.15, 0.2) is 16.6 Å². The van der Waals surface area contributed by atoms with Crippen molar-refractivity contribution in [2.24, 2.45) is 5.92 Å². The summed E-state index contributed by atoms with van der Waals surface area (Å²) in [6, 6.07) is 0. The average molecular weight is 275 g/mol. The predicted molar refractivity (Wildman–Crippen MR) is 79.5 cm³/mol. The Kier molecular flexibility index (Phi) is 5.03. The lowest BCUT2D eigenvalue weighted by Gasteiger charge is -2.38. The van der Waals surface area contributed by atoms with Crippen molar-refractivity contribution in [3.63, 3.8) is 0 Å². The molecule has 0 spiro atoms. The van der Waals surface area contributed by atoms with E-state index in [-0.39, 0.29) is 0 Å². The zero-order valence-electron chi connectivity index (χ0n) is 12.7. The van der Waals surface area contributed by atoms with Crippen LogP contribution in [0.25, 0.3) is 0 Å². The van der Waals surface area contributed by atoms with E-state index in [1.54, 1.807) is 0 Å². The molecule has 0 unspecified atom stereocenters. The maximum atomic E-state index is 6.27. The summed E-state index contributed by atoms with van der Waals surface area (Å²) in [4.78, 5) is 0. The topological polar surface area (TPSA) is 18.5 Å². The Balaban J connectivity index is 2.53. The van der Waals surface area contributed by atoms with Gasteiger partial charge in [-0.25, -0.2) is 0 Å². The van der Waals surface area contributed by atoms with Crippen molar-refractivity contribution < 1.29 is 8.85 Å². The smallest absolute Gasteiger partial charge is 0.184 e. The molecule has 1 saturated carbocycles. The SMILES string of the molecule is CC1C[C@H](O[Si](C)(C)C)C[C@@H](O[Si](C)(C)C)C1. The van der Waals surface area contributed by atoms with Crippen LogP contribution in [0, 0.1) is 5.92 Å². The summed E-state index contributed by atoms with van der Waals surface area (Å²) in [6.07, 6.45) is 4.42. The Morgan fingerprint density at radius 2 is 1.06 bits per heavy atom. The van der Waals surface area contributed by atoms with Crippen LogP contribution in [0.15, 0.2) is 0 Å². The van der Waals surface area contributed by atoms with Gasteiger partial charge in [-0.3, -0.25) is 0 Å². The van der Waals surface area contributed by atoms with Crippen molar-refractivity contribution in [3.8, 4) is 0 Å². The summed E-state index contributed by atoms with van der Waals surface area (Å²) in [5.74, 6) is 0.742. The van der Waals surface area contributed by atoms with E-state index in [2.05, 4.69) is 46.2 Å². The molecule has 17 heavy (non-hydrogen) atoms. The molecule has 102 valence electrons.